The van der Waals surface area contributed by atoms with Crippen molar-refractivity contribution in [1.29, 1.82) is 0 Å². The molecule has 162 valence electrons. The number of anilines is 1. The summed E-state index contributed by atoms with van der Waals surface area (Å²) in [4.78, 5) is 18.3. The second-order valence-corrected chi connectivity index (χ2v) is 7.99. The lowest BCUT2D eigenvalue weighted by molar-refractivity contribution is -0.124. The van der Waals surface area contributed by atoms with Crippen LogP contribution in [0, 0.1) is 0 Å². The van der Waals surface area contributed by atoms with Crippen molar-refractivity contribution in [3.8, 4) is 5.75 Å². The Morgan fingerprint density at radius 3 is 2.56 bits per heavy atom. The molecule has 0 fully saturated rings. The Morgan fingerprint density at radius 1 is 1.03 bits per heavy atom. The van der Waals surface area contributed by atoms with E-state index in [0.717, 1.165) is 22.4 Å². The van der Waals surface area contributed by atoms with E-state index in [1.54, 1.807) is 0 Å². The van der Waals surface area contributed by atoms with Crippen LogP contribution in [0.3, 0.4) is 0 Å². The molecule has 0 saturated carbocycles. The van der Waals surface area contributed by atoms with Gasteiger partial charge in [0.2, 0.25) is 5.90 Å². The van der Waals surface area contributed by atoms with Crippen LogP contribution in [0.25, 0.3) is 0 Å². The summed E-state index contributed by atoms with van der Waals surface area (Å²) in [6, 6.07) is 25.0. The van der Waals surface area contributed by atoms with Gasteiger partial charge in [-0.25, -0.2) is 4.99 Å². The first-order chi connectivity index (χ1) is 15.7. The Bertz CT molecular complexity index is 1140. The number of aliphatic imine (C=N–C) groups is 1. The van der Waals surface area contributed by atoms with Crippen molar-refractivity contribution in [2.24, 2.45) is 4.99 Å². The van der Waals surface area contributed by atoms with E-state index < -0.39 is 11.6 Å². The van der Waals surface area contributed by atoms with Crippen LogP contribution >= 0.6 is 0 Å². The van der Waals surface area contributed by atoms with E-state index in [-0.39, 0.29) is 12.5 Å². The van der Waals surface area contributed by atoms with Crippen LogP contribution in [0.1, 0.15) is 29.2 Å². The number of aliphatic hydroxyl groups is 1. The first-order valence-electron chi connectivity index (χ1n) is 10.7. The molecule has 32 heavy (non-hydrogen) atoms. The Balaban J connectivity index is 1.51. The highest BCUT2D eigenvalue weighted by atomic mass is 16.5. The van der Waals surface area contributed by atoms with Crippen LogP contribution in [0.2, 0.25) is 0 Å². The zero-order valence-electron chi connectivity index (χ0n) is 17.5. The fourth-order valence-electron chi connectivity index (χ4n) is 4.23. The summed E-state index contributed by atoms with van der Waals surface area (Å²) < 4.78 is 12.0. The minimum absolute atomic E-state index is 0.0941. The highest BCUT2D eigenvalue weighted by Crippen LogP contribution is 2.45. The van der Waals surface area contributed by atoms with Gasteiger partial charge in [0.25, 0.3) is 5.91 Å². The molecule has 2 aliphatic heterocycles. The fourth-order valence-corrected chi connectivity index (χ4v) is 4.23. The highest BCUT2D eigenvalue weighted by Gasteiger charge is 2.55. The molecule has 0 saturated heterocycles. The normalized spacial score (nSPS) is 21.5. The van der Waals surface area contributed by atoms with Crippen molar-refractivity contribution >= 4 is 17.5 Å². The standard InChI is InChI=1S/C26H24N2O4/c29-15-6-16-31-21-13-11-19(12-14-21)24-28-26(23(32-24)18-7-2-1-3-8-18)17-20-9-4-5-10-22(20)27-25(26)30/h1-5,7-14,23,29H,6,15-17H2,(H,27,30)/t23-,26-/m1/s1. The SMILES string of the molecule is O=C1Nc2ccccc2C[C@]12N=C(c1ccc(OCCCO)cc1)O[C@@H]2c1ccccc1. The number of nitrogens with one attached hydrogen (secondary N) is 1. The number of ether oxygens (including phenoxy) is 2. The quantitative estimate of drug-likeness (QED) is 0.584. The first-order valence-corrected chi connectivity index (χ1v) is 10.7. The summed E-state index contributed by atoms with van der Waals surface area (Å²) in [5, 5.41) is 11.9. The maximum atomic E-state index is 13.4. The number of aliphatic hydroxyl groups excluding tert-OH is 1. The first kappa shape index (κ1) is 20.3. The molecule has 2 aliphatic rings. The molecule has 2 heterocycles. The molecule has 3 aromatic rings. The summed E-state index contributed by atoms with van der Waals surface area (Å²) in [7, 11) is 0. The zero-order chi connectivity index (χ0) is 22.0. The summed E-state index contributed by atoms with van der Waals surface area (Å²) >= 11 is 0. The zero-order valence-corrected chi connectivity index (χ0v) is 17.5. The van der Waals surface area contributed by atoms with Gasteiger partial charge in [-0.3, -0.25) is 4.79 Å². The monoisotopic (exact) mass is 428 g/mol. The van der Waals surface area contributed by atoms with Crippen LogP contribution in [-0.4, -0.2) is 35.7 Å². The number of nitrogens with zero attached hydrogens (tertiary/aromatic N) is 1. The van der Waals surface area contributed by atoms with E-state index in [1.807, 2.05) is 78.9 Å². The van der Waals surface area contributed by atoms with E-state index in [4.69, 9.17) is 19.6 Å². The number of amides is 1. The Labute approximate surface area is 186 Å². The lowest BCUT2D eigenvalue weighted by atomic mass is 9.79. The molecule has 6 heteroatoms. The van der Waals surface area contributed by atoms with Crippen LogP contribution in [0.5, 0.6) is 5.75 Å². The van der Waals surface area contributed by atoms with Gasteiger partial charge in [-0.1, -0.05) is 48.5 Å². The van der Waals surface area contributed by atoms with Gasteiger partial charge in [-0.15, -0.1) is 0 Å². The number of para-hydroxylation sites is 1. The van der Waals surface area contributed by atoms with E-state index in [2.05, 4.69) is 5.32 Å². The van der Waals surface area contributed by atoms with Gasteiger partial charge in [-0.05, 0) is 41.5 Å². The molecule has 0 radical (unpaired) electrons. The minimum atomic E-state index is -1.08. The number of carbonyl (C=O) groups is 1. The van der Waals surface area contributed by atoms with Gasteiger partial charge in [0.15, 0.2) is 11.6 Å². The van der Waals surface area contributed by atoms with E-state index >= 15 is 0 Å². The largest absolute Gasteiger partial charge is 0.494 e. The van der Waals surface area contributed by atoms with E-state index in [9.17, 15) is 4.79 Å². The third-order valence-corrected chi connectivity index (χ3v) is 5.86. The van der Waals surface area contributed by atoms with Crippen molar-refractivity contribution in [2.75, 3.05) is 18.5 Å². The molecule has 0 bridgehead atoms. The summed E-state index contributed by atoms with van der Waals surface area (Å²) in [5.74, 6) is 0.985. The summed E-state index contributed by atoms with van der Waals surface area (Å²) in [5.41, 5.74) is 2.47. The van der Waals surface area contributed by atoms with Gasteiger partial charge in [0.1, 0.15) is 5.75 Å². The predicted molar refractivity (Wildman–Crippen MR) is 122 cm³/mol. The van der Waals surface area contributed by atoms with E-state index in [1.165, 1.54) is 0 Å². The third kappa shape index (κ3) is 3.63. The van der Waals surface area contributed by atoms with Crippen molar-refractivity contribution in [2.45, 2.75) is 24.5 Å². The van der Waals surface area contributed by atoms with Crippen LogP contribution in [0.4, 0.5) is 5.69 Å². The molecule has 6 nitrogen and oxygen atoms in total. The molecule has 1 spiro atoms. The molecule has 2 N–H and O–H groups in total. The number of carbonyl (C=O) groups excluding carboxylic acids is 1. The summed E-state index contributed by atoms with van der Waals surface area (Å²) in [6.45, 7) is 0.545. The van der Waals surface area contributed by atoms with Crippen LogP contribution in [0.15, 0.2) is 83.9 Å². The lowest BCUT2D eigenvalue weighted by Gasteiger charge is -2.34. The average molecular weight is 428 g/mol. The second-order valence-electron chi connectivity index (χ2n) is 7.99. The maximum Gasteiger partial charge on any atom is 0.257 e. The van der Waals surface area contributed by atoms with Crippen molar-refractivity contribution < 1.29 is 19.4 Å². The molecule has 2 atom stereocenters. The molecule has 5 rings (SSSR count). The average Bonchev–Trinajstić information content (AvgIpc) is 3.21. The fraction of sp³-hybridized carbons (Fsp3) is 0.231. The number of benzene rings is 3. The molecule has 0 aliphatic carbocycles. The summed E-state index contributed by atoms with van der Waals surface area (Å²) in [6.07, 6.45) is 0.503. The molecule has 0 unspecified atom stereocenters. The Hall–Kier alpha value is -3.64. The van der Waals surface area contributed by atoms with Gasteiger partial charge >= 0.3 is 0 Å². The smallest absolute Gasteiger partial charge is 0.257 e. The highest BCUT2D eigenvalue weighted by molar-refractivity contribution is 6.07. The van der Waals surface area contributed by atoms with Gasteiger partial charge in [0.05, 0.1) is 6.61 Å². The lowest BCUT2D eigenvalue weighted by Crippen LogP contribution is -2.49. The molecule has 0 aromatic heterocycles. The van der Waals surface area contributed by atoms with Crippen LogP contribution in [-0.2, 0) is 16.0 Å². The predicted octanol–water partition coefficient (Wildman–Crippen LogP) is 3.90. The molecular weight excluding hydrogens is 404 g/mol. The van der Waals surface area contributed by atoms with Crippen molar-refractivity contribution in [3.05, 3.63) is 95.6 Å². The number of rotatable bonds is 6. The topological polar surface area (TPSA) is 80.2 Å². The van der Waals surface area contributed by atoms with Gasteiger partial charge in [-0.2, -0.15) is 0 Å². The Kier molecular flexibility index (Phi) is 5.37. The number of hydrogen-bond donors (Lipinski definition) is 2. The van der Waals surface area contributed by atoms with Crippen molar-refractivity contribution in [1.82, 2.24) is 0 Å². The Morgan fingerprint density at radius 2 is 1.78 bits per heavy atom. The molecule has 3 aromatic carbocycles. The van der Waals surface area contributed by atoms with Crippen molar-refractivity contribution in [3.63, 3.8) is 0 Å². The second kappa shape index (κ2) is 8.48. The molecule has 1 amide bonds. The number of hydrogen-bond acceptors (Lipinski definition) is 5. The molecular formula is C26H24N2O4. The van der Waals surface area contributed by atoms with Crippen LogP contribution < -0.4 is 10.1 Å². The maximum absolute atomic E-state index is 13.4. The minimum Gasteiger partial charge on any atom is -0.494 e. The third-order valence-electron chi connectivity index (χ3n) is 5.86. The number of fused-ring (bicyclic) bond motifs is 1. The van der Waals surface area contributed by atoms with Gasteiger partial charge < -0.3 is 19.9 Å². The van der Waals surface area contributed by atoms with E-state index in [0.29, 0.717) is 31.1 Å². The van der Waals surface area contributed by atoms with Gasteiger partial charge in [0, 0.05) is 30.7 Å².